The van der Waals surface area contributed by atoms with Crippen LogP contribution in [0.25, 0.3) is 0 Å². The van der Waals surface area contributed by atoms with E-state index in [4.69, 9.17) is 10.5 Å². The van der Waals surface area contributed by atoms with Gasteiger partial charge in [0.15, 0.2) is 0 Å². The third-order valence-electron chi connectivity index (χ3n) is 3.40. The summed E-state index contributed by atoms with van der Waals surface area (Å²) in [7, 11) is 0. The summed E-state index contributed by atoms with van der Waals surface area (Å²) in [5.74, 6) is 0.813. The molecule has 0 aliphatic carbocycles. The van der Waals surface area contributed by atoms with Crippen molar-refractivity contribution in [1.29, 1.82) is 0 Å². The minimum absolute atomic E-state index is 0.503. The van der Waals surface area contributed by atoms with Gasteiger partial charge in [0.25, 0.3) is 0 Å². The second kappa shape index (κ2) is 7.22. The highest BCUT2D eigenvalue weighted by Crippen LogP contribution is 2.19. The lowest BCUT2D eigenvalue weighted by Crippen LogP contribution is -2.10. The van der Waals surface area contributed by atoms with Crippen LogP contribution in [0, 0.1) is 6.92 Å². The molecule has 0 saturated carbocycles. The lowest BCUT2D eigenvalue weighted by atomic mass is 10.2. The van der Waals surface area contributed by atoms with Crippen LogP contribution >= 0.6 is 0 Å². The zero-order valence-corrected chi connectivity index (χ0v) is 13.1. The highest BCUT2D eigenvalue weighted by atomic mass is 16.5. The van der Waals surface area contributed by atoms with Crippen LogP contribution in [0.5, 0.6) is 5.75 Å². The van der Waals surface area contributed by atoms with Gasteiger partial charge in [0.05, 0.1) is 17.1 Å². The van der Waals surface area contributed by atoms with E-state index in [-0.39, 0.29) is 0 Å². The summed E-state index contributed by atoms with van der Waals surface area (Å²) in [4.78, 5) is 4.51. The van der Waals surface area contributed by atoms with Crippen LogP contribution in [0.15, 0.2) is 18.2 Å². The molecule has 0 fully saturated rings. The monoisotopic (exact) mass is 288 g/mol. The Balaban J connectivity index is 2.14. The Morgan fingerprint density at radius 2 is 2.10 bits per heavy atom. The minimum Gasteiger partial charge on any atom is -0.485 e. The van der Waals surface area contributed by atoms with Gasteiger partial charge in [-0.2, -0.15) is 5.10 Å². The number of hydrogen-bond acceptors (Lipinski definition) is 4. The third-order valence-corrected chi connectivity index (χ3v) is 3.40. The maximum Gasteiger partial charge on any atom is 0.141 e. The van der Waals surface area contributed by atoms with Crippen LogP contribution in [0.3, 0.4) is 0 Å². The maximum absolute atomic E-state index is 5.95. The first-order valence-corrected chi connectivity index (χ1v) is 7.52. The van der Waals surface area contributed by atoms with E-state index in [0.29, 0.717) is 13.2 Å². The lowest BCUT2D eigenvalue weighted by Gasteiger charge is -2.11. The van der Waals surface area contributed by atoms with Gasteiger partial charge in [0, 0.05) is 18.7 Å². The molecule has 2 aromatic heterocycles. The summed E-state index contributed by atoms with van der Waals surface area (Å²) in [5.41, 5.74) is 9.74. The van der Waals surface area contributed by atoms with Crippen molar-refractivity contribution in [2.75, 3.05) is 6.54 Å². The van der Waals surface area contributed by atoms with Gasteiger partial charge >= 0.3 is 0 Å². The molecule has 0 amide bonds. The fourth-order valence-electron chi connectivity index (χ4n) is 2.27. The quantitative estimate of drug-likeness (QED) is 0.848. The number of nitrogens with zero attached hydrogens (tertiary/aromatic N) is 3. The van der Waals surface area contributed by atoms with Crippen molar-refractivity contribution < 1.29 is 4.74 Å². The normalized spacial score (nSPS) is 10.9. The number of ether oxygens (including phenoxy) is 1. The number of aryl methyl sites for hydroxylation is 3. The first-order valence-electron chi connectivity index (χ1n) is 7.52. The second-order valence-corrected chi connectivity index (χ2v) is 5.02. The van der Waals surface area contributed by atoms with Crippen molar-refractivity contribution in [3.05, 3.63) is 41.0 Å². The molecule has 0 bridgehead atoms. The average Bonchev–Trinajstić information content (AvgIpc) is 2.89. The molecule has 0 aliphatic rings. The van der Waals surface area contributed by atoms with E-state index in [9.17, 15) is 0 Å². The molecule has 0 aliphatic heterocycles. The molecular weight excluding hydrogens is 264 g/mol. The lowest BCUT2D eigenvalue weighted by molar-refractivity contribution is 0.288. The van der Waals surface area contributed by atoms with Gasteiger partial charge in [-0.25, -0.2) is 0 Å². The summed E-state index contributed by atoms with van der Waals surface area (Å²) < 4.78 is 7.94. The fraction of sp³-hybridized carbons (Fsp3) is 0.500. The Morgan fingerprint density at radius 3 is 2.76 bits per heavy atom. The number of rotatable bonds is 7. The van der Waals surface area contributed by atoms with Crippen LogP contribution in [0.4, 0.5) is 0 Å². The Labute approximate surface area is 126 Å². The Kier molecular flexibility index (Phi) is 5.33. The van der Waals surface area contributed by atoms with E-state index >= 15 is 0 Å². The SMILES string of the molecule is CCc1cc(COc2ccc(C)nc2CCN)n(CC)n1. The Hall–Kier alpha value is -1.88. The maximum atomic E-state index is 5.95. The molecule has 0 radical (unpaired) electrons. The van der Waals surface area contributed by atoms with E-state index in [1.54, 1.807) is 0 Å². The van der Waals surface area contributed by atoms with Crippen molar-refractivity contribution in [1.82, 2.24) is 14.8 Å². The highest BCUT2D eigenvalue weighted by Gasteiger charge is 2.09. The molecule has 2 N–H and O–H groups in total. The van der Waals surface area contributed by atoms with Crippen LogP contribution < -0.4 is 10.5 Å². The summed E-state index contributed by atoms with van der Waals surface area (Å²) in [5, 5.41) is 4.53. The predicted molar refractivity (Wildman–Crippen MR) is 83.3 cm³/mol. The Morgan fingerprint density at radius 1 is 1.29 bits per heavy atom. The molecule has 114 valence electrons. The summed E-state index contributed by atoms with van der Waals surface area (Å²) in [6.45, 7) is 8.09. The average molecular weight is 288 g/mol. The standard InChI is InChI=1S/C16H24N4O/c1-4-13-10-14(20(5-2)19-13)11-21-16-7-6-12(3)18-15(16)8-9-17/h6-7,10H,4-5,8-9,11,17H2,1-3H3. The van der Waals surface area contributed by atoms with Crippen LogP contribution in [-0.4, -0.2) is 21.3 Å². The van der Waals surface area contributed by atoms with Crippen LogP contribution in [0.1, 0.15) is 36.6 Å². The molecular formula is C16H24N4O. The molecule has 5 heteroatoms. The van der Waals surface area contributed by atoms with Crippen LogP contribution in [0.2, 0.25) is 0 Å². The van der Waals surface area contributed by atoms with Gasteiger partial charge < -0.3 is 10.5 Å². The third kappa shape index (κ3) is 3.82. The molecule has 0 saturated heterocycles. The minimum atomic E-state index is 0.503. The van der Waals surface area contributed by atoms with Gasteiger partial charge in [0.1, 0.15) is 12.4 Å². The van der Waals surface area contributed by atoms with E-state index in [0.717, 1.165) is 47.9 Å². The highest BCUT2D eigenvalue weighted by molar-refractivity contribution is 5.29. The van der Waals surface area contributed by atoms with Gasteiger partial charge in [-0.3, -0.25) is 9.67 Å². The van der Waals surface area contributed by atoms with Crippen molar-refractivity contribution in [3.8, 4) is 5.75 Å². The van der Waals surface area contributed by atoms with Gasteiger partial charge in [-0.15, -0.1) is 0 Å². The zero-order chi connectivity index (χ0) is 15.2. The number of hydrogen-bond donors (Lipinski definition) is 1. The molecule has 21 heavy (non-hydrogen) atoms. The topological polar surface area (TPSA) is 66.0 Å². The largest absolute Gasteiger partial charge is 0.485 e. The van der Waals surface area contributed by atoms with Gasteiger partial charge in [0.2, 0.25) is 0 Å². The molecule has 2 rings (SSSR count). The summed E-state index contributed by atoms with van der Waals surface area (Å²) >= 11 is 0. The number of pyridine rings is 1. The van der Waals surface area contributed by atoms with Gasteiger partial charge in [-0.1, -0.05) is 6.92 Å². The van der Waals surface area contributed by atoms with E-state index in [1.807, 2.05) is 23.7 Å². The Bertz CT molecular complexity index is 592. The van der Waals surface area contributed by atoms with Crippen LogP contribution in [-0.2, 0) is 26.0 Å². The van der Waals surface area contributed by atoms with Gasteiger partial charge in [-0.05, 0) is 45.0 Å². The van der Waals surface area contributed by atoms with E-state index < -0.39 is 0 Å². The number of nitrogens with two attached hydrogens (primary N) is 1. The van der Waals surface area contributed by atoms with Crippen molar-refractivity contribution >= 4 is 0 Å². The predicted octanol–water partition coefficient (Wildman–Crippen LogP) is 2.25. The molecule has 0 unspecified atom stereocenters. The summed E-state index contributed by atoms with van der Waals surface area (Å²) in [6.07, 6.45) is 1.66. The molecule has 0 aromatic carbocycles. The smallest absolute Gasteiger partial charge is 0.141 e. The summed E-state index contributed by atoms with van der Waals surface area (Å²) in [6, 6.07) is 6.04. The van der Waals surface area contributed by atoms with E-state index in [2.05, 4.69) is 30.0 Å². The molecule has 0 atom stereocenters. The molecule has 5 nitrogen and oxygen atoms in total. The van der Waals surface area contributed by atoms with E-state index in [1.165, 1.54) is 0 Å². The zero-order valence-electron chi connectivity index (χ0n) is 13.1. The second-order valence-electron chi connectivity index (χ2n) is 5.02. The first-order chi connectivity index (χ1) is 10.2. The fourth-order valence-corrected chi connectivity index (χ4v) is 2.27. The molecule has 0 spiro atoms. The van der Waals surface area contributed by atoms with Crippen molar-refractivity contribution in [2.24, 2.45) is 5.73 Å². The first kappa shape index (κ1) is 15.5. The van der Waals surface area contributed by atoms with Crippen molar-refractivity contribution in [3.63, 3.8) is 0 Å². The molecule has 2 aromatic rings. The van der Waals surface area contributed by atoms with Crippen molar-refractivity contribution in [2.45, 2.75) is 46.8 Å². The molecule has 2 heterocycles. The number of aromatic nitrogens is 3.